The van der Waals surface area contributed by atoms with Gasteiger partial charge in [-0.25, -0.2) is 13.8 Å². The van der Waals surface area contributed by atoms with Crippen molar-refractivity contribution >= 4 is 22.8 Å². The van der Waals surface area contributed by atoms with E-state index in [0.717, 1.165) is 30.3 Å². The van der Waals surface area contributed by atoms with Crippen molar-refractivity contribution in [3.63, 3.8) is 0 Å². The molecule has 2 aromatic rings. The number of morpholine rings is 1. The third kappa shape index (κ3) is 5.60. The van der Waals surface area contributed by atoms with Gasteiger partial charge in [0.2, 0.25) is 0 Å². The van der Waals surface area contributed by atoms with Crippen LogP contribution in [-0.4, -0.2) is 77.6 Å². The molecule has 3 heterocycles. The minimum absolute atomic E-state index is 0.0102. The number of amides is 1. The molecule has 5 rings (SSSR count). The molecule has 2 saturated heterocycles. The fraction of sp³-hybridized carbons (Fsp3) is 0.519. The number of aliphatic hydroxyl groups excluding tert-OH is 1. The highest BCUT2D eigenvalue weighted by Gasteiger charge is 2.36. The molecular weight excluding hydrogens is 480 g/mol. The van der Waals surface area contributed by atoms with Gasteiger partial charge >= 0.3 is 0 Å². The number of carbonyl (C=O) groups is 1. The van der Waals surface area contributed by atoms with Crippen LogP contribution in [0, 0.1) is 0 Å². The number of hydrogen-bond acceptors (Lipinski definition) is 7. The van der Waals surface area contributed by atoms with E-state index in [1.54, 1.807) is 12.3 Å². The van der Waals surface area contributed by atoms with Gasteiger partial charge in [0.1, 0.15) is 17.3 Å². The van der Waals surface area contributed by atoms with Crippen LogP contribution in [0.5, 0.6) is 0 Å². The summed E-state index contributed by atoms with van der Waals surface area (Å²) in [7, 11) is 0. The molecule has 8 nitrogen and oxygen atoms in total. The number of likely N-dealkylation sites (tertiary alicyclic amines) is 1. The lowest BCUT2D eigenvalue weighted by Crippen LogP contribution is -2.36. The van der Waals surface area contributed by atoms with Gasteiger partial charge in [0.05, 0.1) is 36.5 Å². The highest BCUT2D eigenvalue weighted by Crippen LogP contribution is 2.42. The summed E-state index contributed by atoms with van der Waals surface area (Å²) in [4.78, 5) is 26.8. The van der Waals surface area contributed by atoms with Crippen molar-refractivity contribution in [2.75, 3.05) is 50.9 Å². The second-order valence-corrected chi connectivity index (χ2v) is 10.1. The fourth-order valence-electron chi connectivity index (χ4n) is 5.41. The van der Waals surface area contributed by atoms with Crippen LogP contribution >= 0.6 is 0 Å². The van der Waals surface area contributed by atoms with Crippen molar-refractivity contribution in [3.05, 3.63) is 53.1 Å². The van der Waals surface area contributed by atoms with E-state index in [2.05, 4.69) is 20.1 Å². The number of rotatable bonds is 7. The number of aliphatic hydroxyl groups is 1. The smallest absolute Gasteiger partial charge is 0.251 e. The Morgan fingerprint density at radius 3 is 2.86 bits per heavy atom. The van der Waals surface area contributed by atoms with Crippen LogP contribution in [0.25, 0.3) is 11.0 Å². The average molecular weight is 514 g/mol. The van der Waals surface area contributed by atoms with Gasteiger partial charge < -0.3 is 25.0 Å². The van der Waals surface area contributed by atoms with Crippen LogP contribution in [0.3, 0.4) is 0 Å². The third-order valence-corrected chi connectivity index (χ3v) is 7.13. The largest absolute Gasteiger partial charge is 0.396 e. The first-order valence-electron chi connectivity index (χ1n) is 12.9. The topological polar surface area (TPSA) is 90.8 Å². The number of halogens is 2. The summed E-state index contributed by atoms with van der Waals surface area (Å²) >= 11 is 0. The normalized spacial score (nSPS) is 24.3. The van der Waals surface area contributed by atoms with Crippen molar-refractivity contribution in [1.29, 1.82) is 0 Å². The fourth-order valence-corrected chi connectivity index (χ4v) is 5.41. The number of alkyl halides is 1. The zero-order valence-electron chi connectivity index (χ0n) is 21.1. The molecule has 198 valence electrons. The first kappa shape index (κ1) is 25.5. The Kier molecular flexibility index (Phi) is 7.39. The average Bonchev–Trinajstić information content (AvgIpc) is 3.37. The van der Waals surface area contributed by atoms with Crippen molar-refractivity contribution in [3.8, 4) is 0 Å². The molecule has 0 radical (unpaired) electrons. The number of fused-ring (bicyclic) bond motifs is 1. The highest BCUT2D eigenvalue weighted by atomic mass is 19.1. The molecule has 1 aliphatic carbocycles. The Morgan fingerprint density at radius 1 is 1.30 bits per heavy atom. The zero-order valence-corrected chi connectivity index (χ0v) is 21.1. The van der Waals surface area contributed by atoms with E-state index in [1.165, 1.54) is 13.0 Å². The molecule has 0 spiro atoms. The summed E-state index contributed by atoms with van der Waals surface area (Å²) in [6, 6.07) is 3.36. The van der Waals surface area contributed by atoms with Gasteiger partial charge in [-0.1, -0.05) is 0 Å². The summed E-state index contributed by atoms with van der Waals surface area (Å²) in [5.41, 5.74) is 1.38. The van der Waals surface area contributed by atoms with Crippen LogP contribution < -0.4 is 10.2 Å². The number of hydrogen-bond donors (Lipinski definition) is 2. The lowest BCUT2D eigenvalue weighted by molar-refractivity contribution is 0.0951. The Morgan fingerprint density at radius 2 is 2.11 bits per heavy atom. The summed E-state index contributed by atoms with van der Waals surface area (Å²) in [6.07, 6.45) is 6.31. The number of allylic oxidation sites excluding steroid dienone is 4. The summed E-state index contributed by atoms with van der Waals surface area (Å²) < 4.78 is 34.7. The van der Waals surface area contributed by atoms with Crippen LogP contribution in [0.4, 0.5) is 14.6 Å². The maximum atomic E-state index is 14.9. The highest BCUT2D eigenvalue weighted by molar-refractivity contribution is 5.98. The zero-order chi connectivity index (χ0) is 26.0. The van der Waals surface area contributed by atoms with E-state index in [-0.39, 0.29) is 25.0 Å². The molecule has 0 saturated carbocycles. The van der Waals surface area contributed by atoms with Crippen LogP contribution in [-0.2, 0) is 4.74 Å². The molecule has 0 bridgehead atoms. The minimum atomic E-state index is -1.76. The number of benzene rings is 1. The first-order valence-corrected chi connectivity index (χ1v) is 12.9. The standard InChI is InChI=1S/C27H33F2N5O3/c1-27(29)15-19(28)14-20(16-27)34-6-2-4-23(34)21-12-18(26(36)30-5-3-9-35)13-22-25(21)32-24(17-31-22)33-7-10-37-11-8-33/h12-15,17,23,35H,2-11,16H2,1H3,(H,30,36). The molecule has 10 heteroatoms. The predicted octanol–water partition coefficient (Wildman–Crippen LogP) is 3.58. The van der Waals surface area contributed by atoms with Crippen molar-refractivity contribution in [2.24, 2.45) is 0 Å². The van der Waals surface area contributed by atoms with Gasteiger partial charge in [0.15, 0.2) is 0 Å². The quantitative estimate of drug-likeness (QED) is 0.547. The Bertz CT molecular complexity index is 1230. The summed E-state index contributed by atoms with van der Waals surface area (Å²) in [5, 5.41) is 11.9. The number of anilines is 1. The lowest BCUT2D eigenvalue weighted by Gasteiger charge is -2.34. The van der Waals surface area contributed by atoms with E-state index in [0.29, 0.717) is 68.1 Å². The van der Waals surface area contributed by atoms with Crippen molar-refractivity contribution < 1.29 is 23.4 Å². The first-order chi connectivity index (χ1) is 17.8. The van der Waals surface area contributed by atoms with Gasteiger partial charge in [-0.3, -0.25) is 9.78 Å². The van der Waals surface area contributed by atoms with Gasteiger partial charge in [-0.15, -0.1) is 0 Å². The van der Waals surface area contributed by atoms with Crippen molar-refractivity contribution in [2.45, 2.75) is 44.3 Å². The minimum Gasteiger partial charge on any atom is -0.396 e. The number of carbonyl (C=O) groups excluding carboxylic acids is 1. The molecule has 2 fully saturated rings. The monoisotopic (exact) mass is 513 g/mol. The maximum absolute atomic E-state index is 14.9. The van der Waals surface area contributed by atoms with E-state index in [9.17, 15) is 13.6 Å². The van der Waals surface area contributed by atoms with E-state index in [4.69, 9.17) is 14.8 Å². The van der Waals surface area contributed by atoms with Gasteiger partial charge in [0, 0.05) is 56.0 Å². The van der Waals surface area contributed by atoms with Gasteiger partial charge in [-0.2, -0.15) is 0 Å². The van der Waals surface area contributed by atoms with Crippen LogP contribution in [0.1, 0.15) is 54.6 Å². The summed E-state index contributed by atoms with van der Waals surface area (Å²) in [5.74, 6) is -0.0977. The maximum Gasteiger partial charge on any atom is 0.251 e. The Balaban J connectivity index is 1.57. The SMILES string of the molecule is CC1(F)C=C(F)C=C(N2CCCC2c2cc(C(=O)NCCCO)cc3ncc(N4CCOCC4)nc23)C1. The summed E-state index contributed by atoms with van der Waals surface area (Å²) in [6.45, 7) is 5.05. The Labute approximate surface area is 215 Å². The van der Waals surface area contributed by atoms with E-state index < -0.39 is 11.5 Å². The van der Waals surface area contributed by atoms with Crippen LogP contribution in [0.2, 0.25) is 0 Å². The van der Waals surface area contributed by atoms with Crippen molar-refractivity contribution in [1.82, 2.24) is 20.2 Å². The number of ether oxygens (including phenoxy) is 1. The second-order valence-electron chi connectivity index (χ2n) is 10.1. The molecule has 1 aromatic carbocycles. The second kappa shape index (κ2) is 10.7. The number of aromatic nitrogens is 2. The molecule has 1 aromatic heterocycles. The molecular formula is C27H33F2N5O3. The molecule has 3 aliphatic rings. The molecule has 2 atom stereocenters. The lowest BCUT2D eigenvalue weighted by atomic mass is 9.93. The molecule has 2 unspecified atom stereocenters. The molecule has 2 aliphatic heterocycles. The third-order valence-electron chi connectivity index (χ3n) is 7.13. The molecule has 2 N–H and O–H groups in total. The number of nitrogens with one attached hydrogen (secondary N) is 1. The number of nitrogens with zero attached hydrogens (tertiary/aromatic N) is 4. The van der Waals surface area contributed by atoms with Crippen LogP contribution in [0.15, 0.2) is 42.0 Å². The van der Waals surface area contributed by atoms with Gasteiger partial charge in [-0.05, 0) is 50.5 Å². The Hall–Kier alpha value is -3.11. The van der Waals surface area contributed by atoms with E-state index >= 15 is 0 Å². The predicted molar refractivity (Wildman–Crippen MR) is 137 cm³/mol. The molecule has 1 amide bonds. The van der Waals surface area contributed by atoms with Gasteiger partial charge in [0.25, 0.3) is 5.91 Å². The van der Waals surface area contributed by atoms with E-state index in [1.807, 2.05) is 6.07 Å². The molecule has 37 heavy (non-hydrogen) atoms.